The van der Waals surface area contributed by atoms with Crippen LogP contribution in [-0.2, 0) is 0 Å². The molecule has 0 fully saturated rings. The fraction of sp³-hybridized carbons (Fsp3) is 0. The Hall–Kier alpha value is -0.728. The van der Waals surface area contributed by atoms with Crippen molar-refractivity contribution in [1.82, 2.24) is 19.9 Å². The summed E-state index contributed by atoms with van der Waals surface area (Å²) in [6.45, 7) is 0. The van der Waals surface area contributed by atoms with E-state index >= 15 is 0 Å². The average molecular weight is 343 g/mol. The summed E-state index contributed by atoms with van der Waals surface area (Å²) in [5, 5.41) is 0. The molecule has 11 heavy (non-hydrogen) atoms. The van der Waals surface area contributed by atoms with E-state index in [4.69, 9.17) is 0 Å². The molecule has 0 saturated carbocycles. The van der Waals surface area contributed by atoms with E-state index in [0.717, 1.165) is 0 Å². The molecule has 0 saturated heterocycles. The van der Waals surface area contributed by atoms with Crippen molar-refractivity contribution >= 4 is 38.5 Å². The topological polar surface area (TPSA) is 74.4 Å². The molecule has 6 heteroatoms. The summed E-state index contributed by atoms with van der Waals surface area (Å²) >= 11 is 0. The van der Waals surface area contributed by atoms with Gasteiger partial charge in [0.05, 0.1) is 12.7 Å². The van der Waals surface area contributed by atoms with Crippen LogP contribution in [0.1, 0.15) is 0 Å². The molecule has 0 bridgehead atoms. The fourth-order valence-electron chi connectivity index (χ4n) is 0.776. The first-order valence-corrected chi connectivity index (χ1v) is 2.75. The monoisotopic (exact) mass is 344 g/mol. The number of rotatable bonds is 0. The Kier molecular flexibility index (Phi) is 2.37. The van der Waals surface area contributed by atoms with E-state index < -0.39 is 0 Å². The van der Waals surface area contributed by atoms with Gasteiger partial charge in [-0.2, -0.15) is 0 Å². The van der Waals surface area contributed by atoms with Crippen LogP contribution < -0.4 is 5.56 Å². The number of nitrogens with zero attached hydrogens (tertiary/aromatic N) is 2. The molecular formula is C5H4N4OPb. The van der Waals surface area contributed by atoms with Crippen molar-refractivity contribution in [3.63, 3.8) is 0 Å². The molecule has 2 rings (SSSR count). The van der Waals surface area contributed by atoms with Crippen molar-refractivity contribution < 1.29 is 0 Å². The van der Waals surface area contributed by atoms with E-state index in [1.165, 1.54) is 12.7 Å². The van der Waals surface area contributed by atoms with Crippen LogP contribution >= 0.6 is 0 Å². The van der Waals surface area contributed by atoms with E-state index in [1.54, 1.807) is 0 Å². The van der Waals surface area contributed by atoms with Crippen LogP contribution in [-0.4, -0.2) is 47.2 Å². The first-order valence-electron chi connectivity index (χ1n) is 2.75. The van der Waals surface area contributed by atoms with Crippen LogP contribution in [0.2, 0.25) is 0 Å². The SMILES string of the molecule is O=c1[nH]cnc2nc[nH]c12.[Pb]. The molecule has 0 spiro atoms. The number of hydrogen-bond acceptors (Lipinski definition) is 3. The van der Waals surface area contributed by atoms with Crippen LogP contribution in [0.4, 0.5) is 0 Å². The molecule has 54 valence electrons. The zero-order chi connectivity index (χ0) is 6.97. The van der Waals surface area contributed by atoms with Gasteiger partial charge in [-0.1, -0.05) is 0 Å². The predicted molar refractivity (Wildman–Crippen MR) is 40.3 cm³/mol. The quantitative estimate of drug-likeness (QED) is 0.619. The molecule has 0 atom stereocenters. The number of aromatic amines is 2. The number of aromatic nitrogens is 4. The van der Waals surface area contributed by atoms with E-state index in [2.05, 4.69) is 19.9 Å². The predicted octanol–water partition coefficient (Wildman–Crippen LogP) is -0.735. The minimum absolute atomic E-state index is 0. The second-order valence-electron chi connectivity index (χ2n) is 1.83. The van der Waals surface area contributed by atoms with Gasteiger partial charge in [0.15, 0.2) is 11.2 Å². The van der Waals surface area contributed by atoms with E-state index in [-0.39, 0.29) is 32.9 Å². The van der Waals surface area contributed by atoms with Crippen LogP contribution in [0, 0.1) is 0 Å². The third-order valence-electron chi connectivity index (χ3n) is 1.23. The van der Waals surface area contributed by atoms with Gasteiger partial charge in [-0.05, 0) is 0 Å². The van der Waals surface area contributed by atoms with Gasteiger partial charge in [0.25, 0.3) is 5.56 Å². The maximum absolute atomic E-state index is 10.9. The van der Waals surface area contributed by atoms with Gasteiger partial charge in [0.2, 0.25) is 0 Å². The molecule has 0 aromatic carbocycles. The summed E-state index contributed by atoms with van der Waals surface area (Å²) in [5.74, 6) is 0. The summed E-state index contributed by atoms with van der Waals surface area (Å²) in [6.07, 6.45) is 2.76. The molecule has 0 aliphatic heterocycles. The van der Waals surface area contributed by atoms with E-state index in [9.17, 15) is 4.79 Å². The Labute approximate surface area is 81.4 Å². The number of nitrogens with one attached hydrogen (secondary N) is 2. The van der Waals surface area contributed by atoms with Gasteiger partial charge in [-0.15, -0.1) is 0 Å². The number of fused-ring (bicyclic) bond motifs is 1. The number of imidazole rings is 1. The zero-order valence-electron chi connectivity index (χ0n) is 5.46. The molecule has 2 N–H and O–H groups in total. The Morgan fingerprint density at radius 3 is 2.45 bits per heavy atom. The molecular weight excluding hydrogens is 339 g/mol. The molecule has 2 aromatic rings. The Balaban J connectivity index is 0.000000605. The summed E-state index contributed by atoms with van der Waals surface area (Å²) in [4.78, 5) is 23.6. The van der Waals surface area contributed by atoms with Crippen LogP contribution in [0.15, 0.2) is 17.4 Å². The summed E-state index contributed by atoms with van der Waals surface area (Å²) in [7, 11) is 0. The van der Waals surface area contributed by atoms with Crippen molar-refractivity contribution in [2.24, 2.45) is 0 Å². The second kappa shape index (κ2) is 3.11. The smallest absolute Gasteiger partial charge is 0.276 e. The van der Waals surface area contributed by atoms with Gasteiger partial charge in [0, 0.05) is 27.3 Å². The third kappa shape index (κ3) is 1.32. The van der Waals surface area contributed by atoms with E-state index in [0.29, 0.717) is 11.2 Å². The van der Waals surface area contributed by atoms with Gasteiger partial charge in [-0.3, -0.25) is 4.79 Å². The largest absolute Gasteiger partial charge is 0.339 e. The minimum atomic E-state index is -0.192. The van der Waals surface area contributed by atoms with Crippen molar-refractivity contribution in [2.75, 3.05) is 0 Å². The first kappa shape index (κ1) is 8.37. The molecule has 0 aliphatic carbocycles. The Morgan fingerprint density at radius 1 is 1.18 bits per heavy atom. The molecule has 5 nitrogen and oxygen atoms in total. The number of H-pyrrole nitrogens is 2. The molecule has 2 heterocycles. The second-order valence-corrected chi connectivity index (χ2v) is 1.83. The van der Waals surface area contributed by atoms with Crippen LogP contribution in [0.5, 0.6) is 0 Å². The summed E-state index contributed by atoms with van der Waals surface area (Å²) in [5.41, 5.74) is 0.675. The Bertz CT molecular complexity index is 406. The van der Waals surface area contributed by atoms with Crippen LogP contribution in [0.25, 0.3) is 11.2 Å². The number of hydrogen-bond donors (Lipinski definition) is 2. The van der Waals surface area contributed by atoms with Crippen molar-refractivity contribution in [3.8, 4) is 0 Å². The van der Waals surface area contributed by atoms with Gasteiger partial charge < -0.3 is 9.97 Å². The van der Waals surface area contributed by atoms with Crippen molar-refractivity contribution in [1.29, 1.82) is 0 Å². The van der Waals surface area contributed by atoms with Crippen molar-refractivity contribution in [3.05, 3.63) is 23.0 Å². The maximum atomic E-state index is 10.9. The van der Waals surface area contributed by atoms with E-state index in [1.807, 2.05) is 0 Å². The molecule has 4 radical (unpaired) electrons. The van der Waals surface area contributed by atoms with Gasteiger partial charge >= 0.3 is 0 Å². The molecule has 0 amide bonds. The standard InChI is InChI=1S/C5H4N4O.Pb/c10-5-3-4(7-1-6-3)8-2-9-5;/h1-2H,(H2,6,7,8,9,10);. The van der Waals surface area contributed by atoms with Gasteiger partial charge in [0.1, 0.15) is 0 Å². The maximum Gasteiger partial charge on any atom is 0.276 e. The fourth-order valence-corrected chi connectivity index (χ4v) is 0.776. The van der Waals surface area contributed by atoms with Crippen molar-refractivity contribution in [2.45, 2.75) is 0 Å². The normalized spacial score (nSPS) is 9.45. The molecule has 0 unspecified atom stereocenters. The summed E-state index contributed by atoms with van der Waals surface area (Å²) < 4.78 is 0. The molecule has 0 aliphatic rings. The summed E-state index contributed by atoms with van der Waals surface area (Å²) in [6, 6.07) is 0. The van der Waals surface area contributed by atoms with Crippen LogP contribution in [0.3, 0.4) is 0 Å². The van der Waals surface area contributed by atoms with Gasteiger partial charge in [-0.25, -0.2) is 9.97 Å². The minimum Gasteiger partial charge on any atom is -0.339 e. The molecule has 2 aromatic heterocycles. The average Bonchev–Trinajstić information content (AvgIpc) is 2.36. The zero-order valence-corrected chi connectivity index (χ0v) is 9.34. The first-order chi connectivity index (χ1) is 4.88. The Morgan fingerprint density at radius 2 is 1.82 bits per heavy atom. The third-order valence-corrected chi connectivity index (χ3v) is 1.23.